The zero-order valence-electron chi connectivity index (χ0n) is 17.2. The lowest BCUT2D eigenvalue weighted by atomic mass is 9.81. The van der Waals surface area contributed by atoms with Gasteiger partial charge in [0.05, 0.1) is 0 Å². The predicted octanol–water partition coefficient (Wildman–Crippen LogP) is 6.70. The van der Waals surface area contributed by atoms with Crippen molar-refractivity contribution in [2.75, 3.05) is 10.6 Å². The molecule has 0 spiro atoms. The molecule has 2 unspecified atom stereocenters. The molecule has 5 heteroatoms. The molecule has 0 saturated carbocycles. The number of carbonyl (C=O) groups is 1. The second-order valence-electron chi connectivity index (χ2n) is 7.67. The van der Waals surface area contributed by atoms with Crippen molar-refractivity contribution in [2.24, 2.45) is 0 Å². The van der Waals surface area contributed by atoms with E-state index in [-0.39, 0.29) is 11.8 Å². The van der Waals surface area contributed by atoms with Gasteiger partial charge in [-0.3, -0.25) is 4.79 Å². The Balaban J connectivity index is 1.44. The van der Waals surface area contributed by atoms with Gasteiger partial charge >= 0.3 is 0 Å². The van der Waals surface area contributed by atoms with E-state index in [1.807, 2.05) is 97.1 Å². The van der Waals surface area contributed by atoms with Crippen LogP contribution in [0.2, 0.25) is 5.02 Å². The first-order valence-electron chi connectivity index (χ1n) is 10.4. The van der Waals surface area contributed by atoms with Gasteiger partial charge in [-0.05, 0) is 65.7 Å². The number of ether oxygens (including phenoxy) is 1. The monoisotopic (exact) mass is 440 g/mol. The fourth-order valence-corrected chi connectivity index (χ4v) is 4.23. The van der Waals surface area contributed by atoms with Crippen LogP contribution in [0, 0.1) is 0 Å². The van der Waals surface area contributed by atoms with Crippen molar-refractivity contribution >= 4 is 28.9 Å². The van der Waals surface area contributed by atoms with Gasteiger partial charge in [-0.25, -0.2) is 0 Å². The molecule has 4 aromatic rings. The van der Waals surface area contributed by atoms with Crippen molar-refractivity contribution in [3.05, 3.63) is 119 Å². The summed E-state index contributed by atoms with van der Waals surface area (Å²) in [4.78, 5) is 13.1. The molecule has 1 heterocycles. The van der Waals surface area contributed by atoms with Crippen LogP contribution in [0.25, 0.3) is 0 Å². The number of benzene rings is 4. The van der Waals surface area contributed by atoms with E-state index in [4.69, 9.17) is 16.3 Å². The number of para-hydroxylation sites is 1. The van der Waals surface area contributed by atoms with E-state index in [0.29, 0.717) is 5.02 Å². The highest BCUT2D eigenvalue weighted by atomic mass is 35.5. The van der Waals surface area contributed by atoms with Crippen LogP contribution in [-0.4, -0.2) is 11.9 Å². The van der Waals surface area contributed by atoms with E-state index in [9.17, 15) is 4.79 Å². The minimum Gasteiger partial charge on any atom is -0.457 e. The summed E-state index contributed by atoms with van der Waals surface area (Å²) in [7, 11) is 0. The van der Waals surface area contributed by atoms with Crippen LogP contribution in [-0.2, 0) is 4.79 Å². The minimum absolute atomic E-state index is 0.0849. The van der Waals surface area contributed by atoms with Gasteiger partial charge < -0.3 is 15.4 Å². The number of fused-ring (bicyclic) bond motifs is 1. The van der Waals surface area contributed by atoms with E-state index in [1.165, 1.54) is 0 Å². The predicted molar refractivity (Wildman–Crippen MR) is 129 cm³/mol. The number of hydrogen-bond acceptors (Lipinski definition) is 3. The van der Waals surface area contributed by atoms with Crippen molar-refractivity contribution in [3.8, 4) is 11.5 Å². The van der Waals surface area contributed by atoms with Crippen LogP contribution in [0.5, 0.6) is 11.5 Å². The highest BCUT2D eigenvalue weighted by Crippen LogP contribution is 2.40. The molecule has 0 bridgehead atoms. The Labute approximate surface area is 191 Å². The Morgan fingerprint density at radius 1 is 0.781 bits per heavy atom. The Kier molecular flexibility index (Phi) is 5.53. The van der Waals surface area contributed by atoms with E-state index in [0.717, 1.165) is 34.0 Å². The van der Waals surface area contributed by atoms with Gasteiger partial charge in [-0.15, -0.1) is 0 Å². The van der Waals surface area contributed by atoms with Crippen LogP contribution >= 0.6 is 11.6 Å². The second-order valence-corrected chi connectivity index (χ2v) is 8.11. The summed E-state index contributed by atoms with van der Waals surface area (Å²) >= 11 is 6.31. The molecule has 2 atom stereocenters. The lowest BCUT2D eigenvalue weighted by Gasteiger charge is -2.34. The maximum Gasteiger partial charge on any atom is 0.247 e. The summed E-state index contributed by atoms with van der Waals surface area (Å²) in [6.07, 6.45) is 0. The zero-order chi connectivity index (χ0) is 21.9. The molecule has 4 aromatic carbocycles. The van der Waals surface area contributed by atoms with E-state index in [2.05, 4.69) is 10.6 Å². The molecule has 1 amide bonds. The van der Waals surface area contributed by atoms with Gasteiger partial charge in [0.15, 0.2) is 0 Å². The molecule has 4 nitrogen and oxygen atoms in total. The fraction of sp³-hybridized carbons (Fsp3) is 0.0741. The standard InChI is InChI=1S/C27H21ClN2O2/c28-19-11-16-24-23(17-19)25(18-7-3-1-4-8-18)26(27(31)30-24)29-20-12-14-22(15-13-20)32-21-9-5-2-6-10-21/h1-17,25-26,29H,(H,30,31). The summed E-state index contributed by atoms with van der Waals surface area (Å²) in [5.74, 6) is 1.24. The quantitative estimate of drug-likeness (QED) is 0.363. The van der Waals surface area contributed by atoms with E-state index >= 15 is 0 Å². The summed E-state index contributed by atoms with van der Waals surface area (Å²) in [5, 5.41) is 7.08. The van der Waals surface area contributed by atoms with Gasteiger partial charge in [0, 0.05) is 22.3 Å². The Morgan fingerprint density at radius 2 is 1.44 bits per heavy atom. The lowest BCUT2D eigenvalue weighted by Crippen LogP contribution is -2.44. The molecule has 5 rings (SSSR count). The van der Waals surface area contributed by atoms with Gasteiger partial charge in [0.1, 0.15) is 17.5 Å². The highest BCUT2D eigenvalue weighted by Gasteiger charge is 2.37. The van der Waals surface area contributed by atoms with Crippen LogP contribution in [0.4, 0.5) is 11.4 Å². The van der Waals surface area contributed by atoms with Crippen molar-refractivity contribution < 1.29 is 9.53 Å². The maximum absolute atomic E-state index is 13.1. The Morgan fingerprint density at radius 3 is 2.16 bits per heavy atom. The molecule has 1 aliphatic rings. The first-order chi connectivity index (χ1) is 15.7. The van der Waals surface area contributed by atoms with E-state index in [1.54, 1.807) is 6.07 Å². The maximum atomic E-state index is 13.1. The first-order valence-corrected chi connectivity index (χ1v) is 10.8. The van der Waals surface area contributed by atoms with Gasteiger partial charge in [-0.1, -0.05) is 60.1 Å². The average Bonchev–Trinajstić information content (AvgIpc) is 2.82. The van der Waals surface area contributed by atoms with Crippen LogP contribution < -0.4 is 15.4 Å². The Hall–Kier alpha value is -3.76. The molecule has 0 radical (unpaired) electrons. The molecular weight excluding hydrogens is 420 g/mol. The number of amides is 1. The molecular formula is C27H21ClN2O2. The molecule has 2 N–H and O–H groups in total. The molecule has 158 valence electrons. The van der Waals surface area contributed by atoms with Crippen LogP contribution in [0.15, 0.2) is 103 Å². The molecule has 0 fully saturated rings. The smallest absolute Gasteiger partial charge is 0.247 e. The third-order valence-electron chi connectivity index (χ3n) is 5.54. The average molecular weight is 441 g/mol. The topological polar surface area (TPSA) is 50.4 Å². The number of carbonyl (C=O) groups excluding carboxylic acids is 1. The van der Waals surface area contributed by atoms with Crippen LogP contribution in [0.3, 0.4) is 0 Å². The van der Waals surface area contributed by atoms with Crippen molar-refractivity contribution in [3.63, 3.8) is 0 Å². The van der Waals surface area contributed by atoms with Crippen molar-refractivity contribution in [1.82, 2.24) is 0 Å². The van der Waals surface area contributed by atoms with E-state index < -0.39 is 6.04 Å². The summed E-state index contributed by atoms with van der Waals surface area (Å²) < 4.78 is 5.87. The van der Waals surface area contributed by atoms with Gasteiger partial charge in [0.25, 0.3) is 0 Å². The lowest BCUT2D eigenvalue weighted by molar-refractivity contribution is -0.117. The summed E-state index contributed by atoms with van der Waals surface area (Å²) in [5.41, 5.74) is 3.66. The number of anilines is 2. The van der Waals surface area contributed by atoms with Crippen molar-refractivity contribution in [1.29, 1.82) is 0 Å². The minimum atomic E-state index is -0.496. The largest absolute Gasteiger partial charge is 0.457 e. The first kappa shape index (κ1) is 20.2. The van der Waals surface area contributed by atoms with Gasteiger partial charge in [-0.2, -0.15) is 0 Å². The molecule has 32 heavy (non-hydrogen) atoms. The summed E-state index contributed by atoms with van der Waals surface area (Å²) in [6, 6.07) is 32.3. The number of nitrogens with one attached hydrogen (secondary N) is 2. The SMILES string of the molecule is O=C1Nc2ccc(Cl)cc2C(c2ccccc2)C1Nc1ccc(Oc2ccccc2)cc1. The number of rotatable bonds is 5. The summed E-state index contributed by atoms with van der Waals surface area (Å²) in [6.45, 7) is 0. The second kappa shape index (κ2) is 8.77. The molecule has 0 saturated heterocycles. The highest BCUT2D eigenvalue weighted by molar-refractivity contribution is 6.30. The van der Waals surface area contributed by atoms with Crippen LogP contribution in [0.1, 0.15) is 17.0 Å². The number of halogens is 1. The molecule has 0 aromatic heterocycles. The third-order valence-corrected chi connectivity index (χ3v) is 5.77. The normalized spacial score (nSPS) is 17.2. The van der Waals surface area contributed by atoms with Gasteiger partial charge in [0.2, 0.25) is 5.91 Å². The third kappa shape index (κ3) is 4.18. The molecule has 1 aliphatic heterocycles. The molecule has 0 aliphatic carbocycles. The number of hydrogen-bond donors (Lipinski definition) is 2. The van der Waals surface area contributed by atoms with Crippen molar-refractivity contribution in [2.45, 2.75) is 12.0 Å². The Bertz CT molecular complexity index is 1230. The zero-order valence-corrected chi connectivity index (χ0v) is 17.9. The fourth-order valence-electron chi connectivity index (χ4n) is 4.05.